The van der Waals surface area contributed by atoms with E-state index in [-0.39, 0.29) is 5.75 Å². The molecule has 2 aromatic rings. The van der Waals surface area contributed by atoms with E-state index in [1.165, 1.54) is 7.11 Å². The summed E-state index contributed by atoms with van der Waals surface area (Å²) >= 11 is 3.48. The Morgan fingerprint density at radius 3 is 2.67 bits per heavy atom. The lowest BCUT2D eigenvalue weighted by atomic mass is 10.2. The number of hydrogen-bond donors (Lipinski definition) is 2. The van der Waals surface area contributed by atoms with Crippen LogP contribution in [0.15, 0.2) is 46.9 Å². The molecule has 0 unspecified atom stereocenters. The van der Waals surface area contributed by atoms with E-state index in [2.05, 4.69) is 21.2 Å². The van der Waals surface area contributed by atoms with Gasteiger partial charge in [0.05, 0.1) is 7.11 Å². The van der Waals surface area contributed by atoms with Crippen LogP contribution in [0.2, 0.25) is 0 Å². The number of methoxy groups -OCH3 is 1. The van der Waals surface area contributed by atoms with Crippen LogP contribution in [0.4, 0.5) is 5.69 Å². The molecule has 94 valence electrons. The van der Waals surface area contributed by atoms with Gasteiger partial charge in [0.1, 0.15) is 0 Å². The van der Waals surface area contributed by atoms with Crippen molar-refractivity contribution in [3.8, 4) is 11.5 Å². The lowest BCUT2D eigenvalue weighted by Gasteiger charge is -2.10. The minimum Gasteiger partial charge on any atom is -0.504 e. The summed E-state index contributed by atoms with van der Waals surface area (Å²) in [6.07, 6.45) is 0. The summed E-state index contributed by atoms with van der Waals surface area (Å²) in [4.78, 5) is 0. The maximum Gasteiger partial charge on any atom is 0.160 e. The molecule has 0 aliphatic carbocycles. The van der Waals surface area contributed by atoms with Gasteiger partial charge in [0.2, 0.25) is 0 Å². The highest BCUT2D eigenvalue weighted by Crippen LogP contribution is 2.27. The van der Waals surface area contributed by atoms with Gasteiger partial charge in [-0.3, -0.25) is 0 Å². The van der Waals surface area contributed by atoms with Gasteiger partial charge >= 0.3 is 0 Å². The molecule has 0 aliphatic rings. The molecule has 0 fully saturated rings. The molecule has 2 N–H and O–H groups in total. The molecule has 0 amide bonds. The van der Waals surface area contributed by atoms with Crippen molar-refractivity contribution in [2.45, 2.75) is 6.54 Å². The zero-order valence-electron chi connectivity index (χ0n) is 9.98. The minimum atomic E-state index is 0.156. The van der Waals surface area contributed by atoms with Gasteiger partial charge in [-0.1, -0.05) is 18.2 Å². The van der Waals surface area contributed by atoms with Crippen LogP contribution in [-0.4, -0.2) is 12.2 Å². The maximum absolute atomic E-state index is 9.68. The third-order valence-corrected chi connectivity index (χ3v) is 3.29. The van der Waals surface area contributed by atoms with E-state index in [9.17, 15) is 5.11 Å². The number of phenolic OH excluding ortho intramolecular Hbond substituents is 1. The molecule has 18 heavy (non-hydrogen) atoms. The monoisotopic (exact) mass is 307 g/mol. The smallest absolute Gasteiger partial charge is 0.160 e. The lowest BCUT2D eigenvalue weighted by molar-refractivity contribution is 0.373. The Hall–Kier alpha value is -1.68. The summed E-state index contributed by atoms with van der Waals surface area (Å²) in [6, 6.07) is 13.3. The molecule has 2 aromatic carbocycles. The van der Waals surface area contributed by atoms with Crippen molar-refractivity contribution in [1.29, 1.82) is 0 Å². The number of nitrogens with one attached hydrogen (secondary N) is 1. The first kappa shape index (κ1) is 12.8. The van der Waals surface area contributed by atoms with Crippen LogP contribution in [0.3, 0.4) is 0 Å². The third kappa shape index (κ3) is 2.96. The van der Waals surface area contributed by atoms with Gasteiger partial charge in [0.15, 0.2) is 11.5 Å². The normalized spacial score (nSPS) is 10.1. The van der Waals surface area contributed by atoms with E-state index >= 15 is 0 Å². The standard InChI is InChI=1S/C14H14BrNO2/c1-18-14-7-6-10(8-13(14)17)9-16-12-5-3-2-4-11(12)15/h2-8,16-17H,9H2,1H3. The minimum absolute atomic E-state index is 0.156. The summed E-state index contributed by atoms with van der Waals surface area (Å²) in [5, 5.41) is 13.0. The largest absolute Gasteiger partial charge is 0.504 e. The van der Waals surface area contributed by atoms with Crippen LogP contribution >= 0.6 is 15.9 Å². The third-order valence-electron chi connectivity index (χ3n) is 2.60. The fourth-order valence-electron chi connectivity index (χ4n) is 1.65. The Morgan fingerprint density at radius 1 is 1.22 bits per heavy atom. The van der Waals surface area contributed by atoms with Crippen LogP contribution in [0.1, 0.15) is 5.56 Å². The average Bonchev–Trinajstić information content (AvgIpc) is 2.38. The molecule has 0 spiro atoms. The summed E-state index contributed by atoms with van der Waals surface area (Å²) in [6.45, 7) is 0.639. The van der Waals surface area contributed by atoms with E-state index in [4.69, 9.17) is 4.74 Å². The maximum atomic E-state index is 9.68. The molecule has 0 atom stereocenters. The second-order valence-corrected chi connectivity index (χ2v) is 4.69. The Morgan fingerprint density at radius 2 is 2.00 bits per heavy atom. The number of anilines is 1. The van der Waals surface area contributed by atoms with Crippen LogP contribution in [0, 0.1) is 0 Å². The predicted molar refractivity (Wildman–Crippen MR) is 76.1 cm³/mol. The molecule has 0 radical (unpaired) electrons. The number of aromatic hydroxyl groups is 1. The van der Waals surface area contributed by atoms with E-state index in [0.29, 0.717) is 12.3 Å². The molecule has 0 aliphatic heterocycles. The number of rotatable bonds is 4. The molecule has 0 saturated heterocycles. The van der Waals surface area contributed by atoms with Crippen molar-refractivity contribution in [3.05, 3.63) is 52.5 Å². The molecule has 3 nitrogen and oxygen atoms in total. The fraction of sp³-hybridized carbons (Fsp3) is 0.143. The van der Waals surface area contributed by atoms with Crippen molar-refractivity contribution < 1.29 is 9.84 Å². The highest BCUT2D eigenvalue weighted by atomic mass is 79.9. The van der Waals surface area contributed by atoms with Gasteiger partial charge in [0.25, 0.3) is 0 Å². The zero-order valence-corrected chi connectivity index (χ0v) is 11.6. The van der Waals surface area contributed by atoms with E-state index < -0.39 is 0 Å². The van der Waals surface area contributed by atoms with Crippen molar-refractivity contribution in [1.82, 2.24) is 0 Å². The summed E-state index contributed by atoms with van der Waals surface area (Å²) in [7, 11) is 1.54. The molecular weight excluding hydrogens is 294 g/mol. The molecule has 4 heteroatoms. The quantitative estimate of drug-likeness (QED) is 0.903. The van der Waals surface area contributed by atoms with E-state index in [0.717, 1.165) is 15.7 Å². The number of benzene rings is 2. The summed E-state index contributed by atoms with van der Waals surface area (Å²) < 4.78 is 6.02. The lowest BCUT2D eigenvalue weighted by Crippen LogP contribution is -2.00. The van der Waals surface area contributed by atoms with Gasteiger partial charge < -0.3 is 15.2 Å². The second-order valence-electron chi connectivity index (χ2n) is 3.84. The van der Waals surface area contributed by atoms with Crippen LogP contribution < -0.4 is 10.1 Å². The van der Waals surface area contributed by atoms with Gasteiger partial charge in [-0.15, -0.1) is 0 Å². The molecule has 0 heterocycles. The van der Waals surface area contributed by atoms with Crippen LogP contribution in [0.25, 0.3) is 0 Å². The van der Waals surface area contributed by atoms with E-state index in [1.54, 1.807) is 12.1 Å². The molecular formula is C14H14BrNO2. The molecule has 2 rings (SSSR count). The van der Waals surface area contributed by atoms with Gasteiger partial charge in [-0.2, -0.15) is 0 Å². The summed E-state index contributed by atoms with van der Waals surface area (Å²) in [5.74, 6) is 0.642. The van der Waals surface area contributed by atoms with Crippen molar-refractivity contribution in [2.75, 3.05) is 12.4 Å². The Bertz CT molecular complexity index is 543. The second kappa shape index (κ2) is 5.78. The van der Waals surface area contributed by atoms with Crippen LogP contribution in [0.5, 0.6) is 11.5 Å². The van der Waals surface area contributed by atoms with Crippen molar-refractivity contribution in [3.63, 3.8) is 0 Å². The Labute approximate surface area is 115 Å². The number of hydrogen-bond acceptors (Lipinski definition) is 3. The average molecular weight is 308 g/mol. The number of ether oxygens (including phenoxy) is 1. The number of halogens is 1. The highest BCUT2D eigenvalue weighted by Gasteiger charge is 2.03. The highest BCUT2D eigenvalue weighted by molar-refractivity contribution is 9.10. The first-order valence-corrected chi connectivity index (χ1v) is 6.34. The van der Waals surface area contributed by atoms with Gasteiger partial charge in [-0.25, -0.2) is 0 Å². The van der Waals surface area contributed by atoms with Gasteiger partial charge in [-0.05, 0) is 45.8 Å². The Kier molecular flexibility index (Phi) is 4.10. The number of para-hydroxylation sites is 1. The SMILES string of the molecule is COc1ccc(CNc2ccccc2Br)cc1O. The summed E-state index contributed by atoms with van der Waals surface area (Å²) in [5.41, 5.74) is 2.01. The van der Waals surface area contributed by atoms with Gasteiger partial charge in [0, 0.05) is 16.7 Å². The van der Waals surface area contributed by atoms with Crippen molar-refractivity contribution in [2.24, 2.45) is 0 Å². The first-order valence-electron chi connectivity index (χ1n) is 5.55. The predicted octanol–water partition coefficient (Wildman–Crippen LogP) is 3.78. The molecule has 0 bridgehead atoms. The number of phenols is 1. The topological polar surface area (TPSA) is 41.5 Å². The van der Waals surface area contributed by atoms with Crippen molar-refractivity contribution >= 4 is 21.6 Å². The molecule has 0 saturated carbocycles. The zero-order chi connectivity index (χ0) is 13.0. The van der Waals surface area contributed by atoms with Crippen LogP contribution in [-0.2, 0) is 6.54 Å². The first-order chi connectivity index (χ1) is 8.70. The van der Waals surface area contributed by atoms with E-state index in [1.807, 2.05) is 30.3 Å². The Balaban J connectivity index is 2.07. The molecule has 0 aromatic heterocycles. The fourth-order valence-corrected chi connectivity index (χ4v) is 2.07.